The first-order chi connectivity index (χ1) is 13.6. The van der Waals surface area contributed by atoms with Crippen molar-refractivity contribution in [1.82, 2.24) is 5.32 Å². The SMILES string of the molecule is Cc1ccc2c(c1C)=NC(=O)C(CCNC(=S)Nc1ccc(C(F)(F)F)cc1)C=2. The summed E-state index contributed by atoms with van der Waals surface area (Å²) in [5, 5.41) is 7.76. The van der Waals surface area contributed by atoms with Crippen molar-refractivity contribution in [2.24, 2.45) is 10.9 Å². The van der Waals surface area contributed by atoms with Gasteiger partial charge in [0.25, 0.3) is 5.91 Å². The molecule has 0 bridgehead atoms. The Bertz CT molecular complexity index is 1060. The lowest BCUT2D eigenvalue weighted by molar-refractivity contribution is -0.137. The predicted molar refractivity (Wildman–Crippen MR) is 110 cm³/mol. The third-order valence-corrected chi connectivity index (χ3v) is 5.11. The minimum Gasteiger partial charge on any atom is -0.362 e. The van der Waals surface area contributed by atoms with E-state index in [9.17, 15) is 18.0 Å². The fraction of sp³-hybridized carbons (Fsp3) is 0.286. The molecule has 3 rings (SSSR count). The van der Waals surface area contributed by atoms with Gasteiger partial charge in [-0.15, -0.1) is 0 Å². The normalized spacial score (nSPS) is 15.8. The van der Waals surface area contributed by atoms with Crippen molar-refractivity contribution in [3.05, 3.63) is 63.7 Å². The minimum atomic E-state index is -4.37. The van der Waals surface area contributed by atoms with Gasteiger partial charge in [-0.05, 0) is 73.1 Å². The summed E-state index contributed by atoms with van der Waals surface area (Å²) in [7, 11) is 0. The van der Waals surface area contributed by atoms with Crippen LogP contribution in [0.25, 0.3) is 6.08 Å². The second kappa shape index (κ2) is 8.32. The van der Waals surface area contributed by atoms with E-state index in [4.69, 9.17) is 12.2 Å². The van der Waals surface area contributed by atoms with Crippen molar-refractivity contribution in [3.8, 4) is 0 Å². The van der Waals surface area contributed by atoms with Crippen LogP contribution in [0.5, 0.6) is 0 Å². The Morgan fingerprint density at radius 2 is 1.83 bits per heavy atom. The number of carbonyl (C=O) groups is 1. The highest BCUT2D eigenvalue weighted by Gasteiger charge is 2.29. The molecule has 1 unspecified atom stereocenters. The smallest absolute Gasteiger partial charge is 0.362 e. The Balaban J connectivity index is 1.56. The zero-order chi connectivity index (χ0) is 21.2. The monoisotopic (exact) mass is 419 g/mol. The number of rotatable bonds is 4. The van der Waals surface area contributed by atoms with E-state index in [1.54, 1.807) is 0 Å². The van der Waals surface area contributed by atoms with Crippen molar-refractivity contribution in [2.45, 2.75) is 26.4 Å². The number of nitrogens with zero attached hydrogens (tertiary/aromatic N) is 1. The molecule has 1 atom stereocenters. The van der Waals surface area contributed by atoms with Gasteiger partial charge in [-0.25, -0.2) is 4.99 Å². The van der Waals surface area contributed by atoms with Gasteiger partial charge in [0.15, 0.2) is 5.11 Å². The molecule has 0 radical (unpaired) electrons. The zero-order valence-electron chi connectivity index (χ0n) is 15.9. The van der Waals surface area contributed by atoms with Gasteiger partial charge in [-0.3, -0.25) is 4.79 Å². The zero-order valence-corrected chi connectivity index (χ0v) is 16.7. The molecule has 2 aromatic carbocycles. The molecule has 0 fully saturated rings. The van der Waals surface area contributed by atoms with Crippen molar-refractivity contribution in [2.75, 3.05) is 11.9 Å². The van der Waals surface area contributed by atoms with Gasteiger partial charge in [-0.1, -0.05) is 18.2 Å². The average molecular weight is 419 g/mol. The first-order valence-corrected chi connectivity index (χ1v) is 9.49. The minimum absolute atomic E-state index is 0.186. The Labute approximate surface area is 171 Å². The molecular formula is C21H20F3N3OS. The number of carbonyl (C=O) groups excluding carboxylic acids is 1. The number of halogens is 3. The lowest BCUT2D eigenvalue weighted by Crippen LogP contribution is -2.37. The molecule has 0 spiro atoms. The highest BCUT2D eigenvalue weighted by molar-refractivity contribution is 7.80. The summed E-state index contributed by atoms with van der Waals surface area (Å²) in [6.45, 7) is 4.36. The Kier molecular flexibility index (Phi) is 6.02. The van der Waals surface area contributed by atoms with Gasteiger partial charge >= 0.3 is 6.18 Å². The highest BCUT2D eigenvalue weighted by Crippen LogP contribution is 2.29. The van der Waals surface area contributed by atoms with Crippen LogP contribution < -0.4 is 21.2 Å². The standard InChI is InChI=1S/C21H20F3N3OS/c1-12-3-4-14-11-15(19(28)27-18(14)13(12)2)9-10-25-20(29)26-17-7-5-16(6-8-17)21(22,23)24/h3-8,11,15H,9-10H2,1-2H3,(H2,25,26,29). The van der Waals surface area contributed by atoms with E-state index < -0.39 is 11.7 Å². The molecule has 152 valence electrons. The molecule has 1 amide bonds. The fourth-order valence-electron chi connectivity index (χ4n) is 3.05. The number of fused-ring (bicyclic) bond motifs is 1. The fourth-order valence-corrected chi connectivity index (χ4v) is 3.27. The van der Waals surface area contributed by atoms with E-state index in [2.05, 4.69) is 15.6 Å². The van der Waals surface area contributed by atoms with Crippen LogP contribution in [0, 0.1) is 19.8 Å². The van der Waals surface area contributed by atoms with Crippen LogP contribution in [0.2, 0.25) is 0 Å². The van der Waals surface area contributed by atoms with Crippen LogP contribution in [0.1, 0.15) is 23.1 Å². The molecule has 2 N–H and O–H groups in total. The third kappa shape index (κ3) is 5.00. The third-order valence-electron chi connectivity index (χ3n) is 4.86. The van der Waals surface area contributed by atoms with Crippen LogP contribution in [-0.4, -0.2) is 17.6 Å². The molecule has 1 aliphatic heterocycles. The second-order valence-corrected chi connectivity index (χ2v) is 7.32. The molecule has 0 aliphatic carbocycles. The highest BCUT2D eigenvalue weighted by atomic mass is 32.1. The van der Waals surface area contributed by atoms with Crippen molar-refractivity contribution in [3.63, 3.8) is 0 Å². The van der Waals surface area contributed by atoms with Crippen LogP contribution in [0.15, 0.2) is 41.4 Å². The summed E-state index contributed by atoms with van der Waals surface area (Å²) < 4.78 is 37.8. The molecular weight excluding hydrogens is 399 g/mol. The van der Waals surface area contributed by atoms with Crippen LogP contribution in [0.3, 0.4) is 0 Å². The first kappa shape index (κ1) is 21.0. The van der Waals surface area contributed by atoms with Crippen LogP contribution in [-0.2, 0) is 11.0 Å². The Hall–Kier alpha value is -2.74. The van der Waals surface area contributed by atoms with Gasteiger partial charge < -0.3 is 10.6 Å². The molecule has 1 heterocycles. The number of hydrogen-bond acceptors (Lipinski definition) is 2. The summed E-state index contributed by atoms with van der Waals surface area (Å²) in [5.41, 5.74) is 1.83. The quantitative estimate of drug-likeness (QED) is 0.747. The second-order valence-electron chi connectivity index (χ2n) is 6.91. The van der Waals surface area contributed by atoms with Crippen LogP contribution >= 0.6 is 12.2 Å². The number of anilines is 1. The predicted octanol–water partition coefficient (Wildman–Crippen LogP) is 3.26. The summed E-state index contributed by atoms with van der Waals surface area (Å²) in [6.07, 6.45) is -1.95. The maximum absolute atomic E-state index is 12.6. The molecule has 2 aromatic rings. The average Bonchev–Trinajstić information content (AvgIpc) is 2.65. The Morgan fingerprint density at radius 3 is 2.48 bits per heavy atom. The number of thiocarbonyl (C=S) groups is 1. The van der Waals surface area contributed by atoms with E-state index in [0.717, 1.165) is 33.8 Å². The molecule has 29 heavy (non-hydrogen) atoms. The molecule has 0 saturated carbocycles. The maximum Gasteiger partial charge on any atom is 0.416 e. The van der Waals surface area contributed by atoms with E-state index in [1.807, 2.05) is 32.1 Å². The van der Waals surface area contributed by atoms with E-state index in [0.29, 0.717) is 18.7 Å². The van der Waals surface area contributed by atoms with Gasteiger partial charge in [0.1, 0.15) is 0 Å². The molecule has 1 aliphatic rings. The van der Waals surface area contributed by atoms with Gasteiger partial charge in [0.2, 0.25) is 0 Å². The first-order valence-electron chi connectivity index (χ1n) is 9.08. The van der Waals surface area contributed by atoms with Gasteiger partial charge in [0, 0.05) is 12.2 Å². The number of nitrogens with one attached hydrogen (secondary N) is 2. The van der Waals surface area contributed by atoms with Crippen molar-refractivity contribution < 1.29 is 18.0 Å². The largest absolute Gasteiger partial charge is 0.416 e. The number of alkyl halides is 3. The summed E-state index contributed by atoms with van der Waals surface area (Å²) >= 11 is 5.17. The van der Waals surface area contributed by atoms with Gasteiger partial charge in [-0.2, -0.15) is 13.2 Å². The topological polar surface area (TPSA) is 53.5 Å². The number of amides is 1. The molecule has 8 heteroatoms. The summed E-state index contributed by atoms with van der Waals surface area (Å²) in [6, 6.07) is 8.58. The number of benzene rings is 2. The molecule has 0 aromatic heterocycles. The molecule has 4 nitrogen and oxygen atoms in total. The van der Waals surface area contributed by atoms with E-state index in [1.165, 1.54) is 12.1 Å². The lowest BCUT2D eigenvalue weighted by Gasteiger charge is -2.15. The van der Waals surface area contributed by atoms with Gasteiger partial charge in [0.05, 0.1) is 16.8 Å². The summed E-state index contributed by atoms with van der Waals surface area (Å²) in [4.78, 5) is 16.6. The maximum atomic E-state index is 12.6. The summed E-state index contributed by atoms with van der Waals surface area (Å²) in [5.74, 6) is -0.527. The van der Waals surface area contributed by atoms with E-state index in [-0.39, 0.29) is 16.9 Å². The Morgan fingerprint density at radius 1 is 1.14 bits per heavy atom. The number of hydrogen-bond donors (Lipinski definition) is 2. The van der Waals surface area contributed by atoms with Crippen molar-refractivity contribution >= 4 is 35.0 Å². The lowest BCUT2D eigenvalue weighted by atomic mass is 9.98. The van der Waals surface area contributed by atoms with E-state index >= 15 is 0 Å². The molecule has 0 saturated heterocycles. The van der Waals surface area contributed by atoms with Crippen LogP contribution in [0.4, 0.5) is 18.9 Å². The number of aryl methyl sites for hydroxylation is 1. The van der Waals surface area contributed by atoms with Crippen molar-refractivity contribution in [1.29, 1.82) is 0 Å².